The van der Waals surface area contributed by atoms with Crippen molar-refractivity contribution in [3.8, 4) is 0 Å². The van der Waals surface area contributed by atoms with E-state index in [1.807, 2.05) is 13.8 Å². The molecular weight excluding hydrogens is 196 g/mol. The molecule has 68 valence electrons. The van der Waals surface area contributed by atoms with Crippen LogP contribution in [-0.4, -0.2) is 25.0 Å². The molecule has 0 aromatic rings. The second-order valence-corrected chi connectivity index (χ2v) is 7.27. The van der Waals surface area contributed by atoms with Crippen molar-refractivity contribution in [1.29, 1.82) is 0 Å². The molecule has 0 radical (unpaired) electrons. The Kier molecular flexibility index (Phi) is 2.21. The highest BCUT2D eigenvalue weighted by atomic mass is 32.3. The maximum Gasteiger partial charge on any atom is 0.338 e. The van der Waals surface area contributed by atoms with E-state index in [9.17, 15) is 9.59 Å². The lowest BCUT2D eigenvalue weighted by atomic mass is 10.3. The van der Waals surface area contributed by atoms with Gasteiger partial charge in [-0.15, -0.1) is 23.5 Å². The Balaban J connectivity index is 2.83. The van der Waals surface area contributed by atoms with Gasteiger partial charge in [-0.25, -0.2) is 4.79 Å². The molecule has 0 saturated carbocycles. The quantitative estimate of drug-likeness (QED) is 0.695. The number of aliphatic carboxylic acids is 1. The summed E-state index contributed by atoms with van der Waals surface area (Å²) in [5.41, 5.74) is 0. The molecule has 0 spiro atoms. The van der Waals surface area contributed by atoms with Gasteiger partial charge in [0.2, 0.25) is 4.08 Å². The Hall–Kier alpha value is -0.160. The first kappa shape index (κ1) is 9.92. The zero-order chi connectivity index (χ0) is 9.57. The first-order chi connectivity index (χ1) is 5.30. The molecule has 1 rings (SSSR count). The highest BCUT2D eigenvalue weighted by Crippen LogP contribution is 2.64. The number of ketones is 1. The third-order valence-electron chi connectivity index (χ3n) is 1.52. The molecule has 0 aliphatic carbocycles. The summed E-state index contributed by atoms with van der Waals surface area (Å²) >= 11 is 2.42. The number of rotatable bonds is 2. The van der Waals surface area contributed by atoms with Gasteiger partial charge < -0.3 is 5.11 Å². The van der Waals surface area contributed by atoms with E-state index in [0.29, 0.717) is 0 Å². The number of carboxylic acids is 1. The summed E-state index contributed by atoms with van der Waals surface area (Å²) in [6.45, 7) is 5.14. The number of hydrogen-bond acceptors (Lipinski definition) is 4. The Labute approximate surface area is 79.3 Å². The second kappa shape index (κ2) is 2.67. The molecule has 1 N–H and O–H groups in total. The maximum atomic E-state index is 11.1. The van der Waals surface area contributed by atoms with Gasteiger partial charge >= 0.3 is 5.97 Å². The third kappa shape index (κ3) is 1.35. The standard InChI is InChI=1S/C7H10O3S2/c1-4(8)7(5(9)10)11-6(2,3)12-7/h1-3H3,(H,9,10). The predicted molar refractivity (Wildman–Crippen MR) is 50.3 cm³/mol. The molecule has 5 heteroatoms. The summed E-state index contributed by atoms with van der Waals surface area (Å²) in [5.74, 6) is -1.33. The molecule has 1 saturated heterocycles. The lowest BCUT2D eigenvalue weighted by molar-refractivity contribution is -0.140. The Bertz CT molecular complexity index is 223. The first-order valence-electron chi connectivity index (χ1n) is 3.45. The van der Waals surface area contributed by atoms with Crippen LogP contribution in [0.5, 0.6) is 0 Å². The number of carbonyl (C=O) groups excluding carboxylic acids is 1. The fraction of sp³-hybridized carbons (Fsp3) is 0.714. The highest BCUT2D eigenvalue weighted by Gasteiger charge is 2.60. The molecular formula is C7H10O3S2. The zero-order valence-electron chi connectivity index (χ0n) is 7.08. The minimum Gasteiger partial charge on any atom is -0.479 e. The van der Waals surface area contributed by atoms with Crippen LogP contribution in [-0.2, 0) is 9.59 Å². The van der Waals surface area contributed by atoms with E-state index in [4.69, 9.17) is 5.11 Å². The molecule has 0 aromatic heterocycles. The molecule has 1 fully saturated rings. The summed E-state index contributed by atoms with van der Waals surface area (Å²) in [7, 11) is 0. The topological polar surface area (TPSA) is 54.4 Å². The van der Waals surface area contributed by atoms with Gasteiger partial charge in [0.15, 0.2) is 5.78 Å². The monoisotopic (exact) mass is 206 g/mol. The fourth-order valence-corrected chi connectivity index (χ4v) is 4.69. The molecule has 3 nitrogen and oxygen atoms in total. The summed E-state index contributed by atoms with van der Waals surface area (Å²) in [4.78, 5) is 21.8. The largest absolute Gasteiger partial charge is 0.479 e. The van der Waals surface area contributed by atoms with Gasteiger partial charge in [-0.1, -0.05) is 0 Å². The lowest BCUT2D eigenvalue weighted by Gasteiger charge is -2.46. The molecule has 0 unspecified atom stereocenters. The summed E-state index contributed by atoms with van der Waals surface area (Å²) < 4.78 is -1.38. The van der Waals surface area contributed by atoms with Gasteiger partial charge in [0.25, 0.3) is 0 Å². The van der Waals surface area contributed by atoms with Crippen molar-refractivity contribution in [2.75, 3.05) is 0 Å². The summed E-state index contributed by atoms with van der Waals surface area (Å²) in [6.07, 6.45) is 0. The Morgan fingerprint density at radius 2 is 1.67 bits per heavy atom. The molecule has 1 aliphatic rings. The molecule has 0 atom stereocenters. The van der Waals surface area contributed by atoms with Crippen LogP contribution < -0.4 is 0 Å². The molecule has 1 heterocycles. The number of Topliss-reactive ketones (excluding diaryl/α,β-unsaturated/α-hetero) is 1. The van der Waals surface area contributed by atoms with Crippen LogP contribution in [0.1, 0.15) is 20.8 Å². The maximum absolute atomic E-state index is 11.1. The van der Waals surface area contributed by atoms with Crippen molar-refractivity contribution in [2.45, 2.75) is 28.9 Å². The number of carboxylic acid groups (broad SMARTS) is 1. The van der Waals surface area contributed by atoms with Gasteiger partial charge in [-0.05, 0) is 20.8 Å². The average molecular weight is 206 g/mol. The summed E-state index contributed by atoms with van der Waals surface area (Å²) in [5, 5.41) is 8.82. The summed E-state index contributed by atoms with van der Waals surface area (Å²) in [6, 6.07) is 0. The zero-order valence-corrected chi connectivity index (χ0v) is 8.71. The van der Waals surface area contributed by atoms with Crippen LogP contribution in [0.15, 0.2) is 0 Å². The first-order valence-corrected chi connectivity index (χ1v) is 5.08. The molecule has 12 heavy (non-hydrogen) atoms. The number of carbonyl (C=O) groups is 2. The second-order valence-electron chi connectivity index (χ2n) is 3.08. The SMILES string of the molecule is CC(=O)C1(C(=O)O)SC(C)(C)S1. The van der Waals surface area contributed by atoms with E-state index >= 15 is 0 Å². The van der Waals surface area contributed by atoms with Crippen LogP contribution in [0.3, 0.4) is 0 Å². The molecule has 0 bridgehead atoms. The van der Waals surface area contributed by atoms with Crippen LogP contribution >= 0.6 is 23.5 Å². The lowest BCUT2D eigenvalue weighted by Crippen LogP contribution is -2.51. The predicted octanol–water partition coefficient (Wildman–Crippen LogP) is 1.57. The number of thioether (sulfide) groups is 2. The van der Waals surface area contributed by atoms with Crippen molar-refractivity contribution in [3.63, 3.8) is 0 Å². The van der Waals surface area contributed by atoms with Crippen LogP contribution in [0.25, 0.3) is 0 Å². The van der Waals surface area contributed by atoms with Crippen molar-refractivity contribution >= 4 is 35.3 Å². The fourth-order valence-electron chi connectivity index (χ4n) is 1.08. The van der Waals surface area contributed by atoms with E-state index in [1.54, 1.807) is 0 Å². The van der Waals surface area contributed by atoms with E-state index < -0.39 is 10.0 Å². The highest BCUT2D eigenvalue weighted by molar-refractivity contribution is 8.37. The Morgan fingerprint density at radius 3 is 1.75 bits per heavy atom. The van der Waals surface area contributed by atoms with Gasteiger partial charge in [0.05, 0.1) is 4.08 Å². The van der Waals surface area contributed by atoms with Gasteiger partial charge in [0, 0.05) is 0 Å². The third-order valence-corrected chi connectivity index (χ3v) is 5.01. The smallest absolute Gasteiger partial charge is 0.338 e. The van der Waals surface area contributed by atoms with E-state index in [0.717, 1.165) is 0 Å². The number of hydrogen-bond donors (Lipinski definition) is 1. The van der Waals surface area contributed by atoms with E-state index in [-0.39, 0.29) is 9.86 Å². The van der Waals surface area contributed by atoms with Crippen molar-refractivity contribution in [2.24, 2.45) is 0 Å². The van der Waals surface area contributed by atoms with Crippen LogP contribution in [0, 0.1) is 0 Å². The van der Waals surface area contributed by atoms with E-state index in [2.05, 4.69) is 0 Å². The van der Waals surface area contributed by atoms with Gasteiger partial charge in [0.1, 0.15) is 0 Å². The Morgan fingerprint density at radius 1 is 1.25 bits per heavy atom. The molecule has 0 amide bonds. The van der Waals surface area contributed by atoms with E-state index in [1.165, 1.54) is 30.4 Å². The van der Waals surface area contributed by atoms with Gasteiger partial charge in [-0.3, -0.25) is 4.79 Å². The normalized spacial score (nSPS) is 24.2. The van der Waals surface area contributed by atoms with Crippen molar-refractivity contribution < 1.29 is 14.7 Å². The average Bonchev–Trinajstić information content (AvgIpc) is 1.80. The minimum absolute atomic E-state index is 0.149. The molecule has 0 aromatic carbocycles. The van der Waals surface area contributed by atoms with Crippen LogP contribution in [0.4, 0.5) is 0 Å². The van der Waals surface area contributed by atoms with Crippen molar-refractivity contribution in [1.82, 2.24) is 0 Å². The molecule has 1 aliphatic heterocycles. The van der Waals surface area contributed by atoms with Crippen molar-refractivity contribution in [3.05, 3.63) is 0 Å². The van der Waals surface area contributed by atoms with Crippen LogP contribution in [0.2, 0.25) is 0 Å². The van der Waals surface area contributed by atoms with Gasteiger partial charge in [-0.2, -0.15) is 0 Å². The minimum atomic E-state index is -1.23.